The van der Waals surface area contributed by atoms with Crippen molar-refractivity contribution < 1.29 is 9.53 Å². The second kappa shape index (κ2) is 4.90. The Morgan fingerprint density at radius 2 is 2.07 bits per heavy atom. The number of rotatable bonds is 2. The van der Waals surface area contributed by atoms with Crippen LogP contribution in [0.15, 0.2) is 22.7 Å². The summed E-state index contributed by atoms with van der Waals surface area (Å²) < 4.78 is 6.28. The van der Waals surface area contributed by atoms with Gasteiger partial charge in [0.05, 0.1) is 0 Å². The molecule has 0 N–H and O–H groups in total. The Morgan fingerprint density at radius 3 is 2.73 bits per heavy atom. The first-order chi connectivity index (χ1) is 7.31. The molecule has 1 aromatic carbocycles. The summed E-state index contributed by atoms with van der Waals surface area (Å²) in [5.41, 5.74) is 1.97. The smallest absolute Gasteiger partial charge is 0.150 e. The fraction of sp³-hybridized carbons (Fsp3) is 0.417. The summed E-state index contributed by atoms with van der Waals surface area (Å²) in [6.07, 6.45) is 2.97. The van der Waals surface area contributed by atoms with Crippen LogP contribution in [-0.4, -0.2) is 19.5 Å². The molecule has 0 aliphatic carbocycles. The molecule has 1 saturated heterocycles. The van der Waals surface area contributed by atoms with E-state index in [0.717, 1.165) is 47.9 Å². The molecule has 0 bridgehead atoms. The van der Waals surface area contributed by atoms with Gasteiger partial charge in [0, 0.05) is 23.2 Å². The molecular formula is C12H13BrO2. The predicted octanol–water partition coefficient (Wildman–Crippen LogP) is 3.16. The van der Waals surface area contributed by atoms with Crippen molar-refractivity contribution in [2.75, 3.05) is 13.2 Å². The van der Waals surface area contributed by atoms with Gasteiger partial charge in [-0.05, 0) is 36.5 Å². The standard InChI is InChI=1S/C12H13BrO2/c13-11-1-2-12(10(7-11)8-14)9-3-5-15-6-4-9/h1-2,7-9H,3-6H2. The molecule has 2 rings (SSSR count). The molecule has 1 aliphatic rings. The third-order valence-electron chi connectivity index (χ3n) is 2.84. The topological polar surface area (TPSA) is 26.3 Å². The van der Waals surface area contributed by atoms with E-state index in [-0.39, 0.29) is 0 Å². The maximum atomic E-state index is 11.0. The van der Waals surface area contributed by atoms with Crippen molar-refractivity contribution in [2.24, 2.45) is 0 Å². The number of hydrogen-bond acceptors (Lipinski definition) is 2. The van der Waals surface area contributed by atoms with Gasteiger partial charge < -0.3 is 4.74 Å². The minimum absolute atomic E-state index is 0.479. The van der Waals surface area contributed by atoms with Crippen molar-refractivity contribution in [3.8, 4) is 0 Å². The van der Waals surface area contributed by atoms with E-state index in [2.05, 4.69) is 15.9 Å². The van der Waals surface area contributed by atoms with Crippen LogP contribution in [-0.2, 0) is 4.74 Å². The van der Waals surface area contributed by atoms with Crippen molar-refractivity contribution in [1.29, 1.82) is 0 Å². The first-order valence-corrected chi connectivity index (χ1v) is 5.93. The van der Waals surface area contributed by atoms with Gasteiger partial charge in [0.2, 0.25) is 0 Å². The summed E-state index contributed by atoms with van der Waals surface area (Å²) in [5.74, 6) is 0.479. The summed E-state index contributed by atoms with van der Waals surface area (Å²) in [6.45, 7) is 1.61. The number of ether oxygens (including phenoxy) is 1. The fourth-order valence-electron chi connectivity index (χ4n) is 2.03. The number of benzene rings is 1. The molecule has 0 aromatic heterocycles. The zero-order chi connectivity index (χ0) is 10.7. The molecule has 1 heterocycles. The number of halogens is 1. The van der Waals surface area contributed by atoms with E-state index < -0.39 is 0 Å². The molecule has 1 fully saturated rings. The largest absolute Gasteiger partial charge is 0.381 e. The minimum atomic E-state index is 0.479. The number of carbonyl (C=O) groups is 1. The molecule has 3 heteroatoms. The highest BCUT2D eigenvalue weighted by Crippen LogP contribution is 2.30. The Bertz CT molecular complexity index is 357. The molecular weight excluding hydrogens is 256 g/mol. The van der Waals surface area contributed by atoms with Crippen molar-refractivity contribution in [3.05, 3.63) is 33.8 Å². The number of carbonyl (C=O) groups excluding carboxylic acids is 1. The van der Waals surface area contributed by atoms with Crippen LogP contribution >= 0.6 is 15.9 Å². The Morgan fingerprint density at radius 1 is 1.33 bits per heavy atom. The zero-order valence-electron chi connectivity index (χ0n) is 8.41. The van der Waals surface area contributed by atoms with Gasteiger partial charge >= 0.3 is 0 Å². The lowest BCUT2D eigenvalue weighted by Gasteiger charge is -2.23. The van der Waals surface area contributed by atoms with Crippen molar-refractivity contribution >= 4 is 22.2 Å². The van der Waals surface area contributed by atoms with Crippen LogP contribution in [0.1, 0.15) is 34.7 Å². The molecule has 0 amide bonds. The highest BCUT2D eigenvalue weighted by Gasteiger charge is 2.18. The molecule has 2 nitrogen and oxygen atoms in total. The highest BCUT2D eigenvalue weighted by molar-refractivity contribution is 9.10. The molecule has 80 valence electrons. The van der Waals surface area contributed by atoms with Crippen LogP contribution in [0.2, 0.25) is 0 Å². The Kier molecular flexibility index (Phi) is 3.54. The van der Waals surface area contributed by atoms with Crippen molar-refractivity contribution in [1.82, 2.24) is 0 Å². The van der Waals surface area contributed by atoms with E-state index in [9.17, 15) is 4.79 Å². The van der Waals surface area contributed by atoms with E-state index in [4.69, 9.17) is 4.74 Å². The van der Waals surface area contributed by atoms with E-state index in [1.165, 1.54) is 0 Å². The van der Waals surface area contributed by atoms with Gasteiger partial charge in [0.1, 0.15) is 6.29 Å². The highest BCUT2D eigenvalue weighted by atomic mass is 79.9. The van der Waals surface area contributed by atoms with Gasteiger partial charge in [-0.25, -0.2) is 0 Å². The molecule has 15 heavy (non-hydrogen) atoms. The van der Waals surface area contributed by atoms with Gasteiger partial charge in [0.15, 0.2) is 0 Å². The summed E-state index contributed by atoms with van der Waals surface area (Å²) in [5, 5.41) is 0. The quantitative estimate of drug-likeness (QED) is 0.771. The SMILES string of the molecule is O=Cc1cc(Br)ccc1C1CCOCC1. The van der Waals surface area contributed by atoms with Gasteiger partial charge in [-0.2, -0.15) is 0 Å². The van der Waals surface area contributed by atoms with Gasteiger partial charge in [0.25, 0.3) is 0 Å². The summed E-state index contributed by atoms with van der Waals surface area (Å²) in [6, 6.07) is 5.93. The average Bonchev–Trinajstić information content (AvgIpc) is 2.30. The van der Waals surface area contributed by atoms with Crippen LogP contribution in [0, 0.1) is 0 Å². The molecule has 0 unspecified atom stereocenters. The van der Waals surface area contributed by atoms with Gasteiger partial charge in [-0.1, -0.05) is 22.0 Å². The molecule has 1 aliphatic heterocycles. The van der Waals surface area contributed by atoms with E-state index in [1.54, 1.807) is 0 Å². The third-order valence-corrected chi connectivity index (χ3v) is 3.33. The first-order valence-electron chi connectivity index (χ1n) is 5.13. The van der Waals surface area contributed by atoms with Crippen molar-refractivity contribution in [3.63, 3.8) is 0 Å². The summed E-state index contributed by atoms with van der Waals surface area (Å²) >= 11 is 3.38. The second-order valence-corrected chi connectivity index (χ2v) is 4.69. The molecule has 1 aromatic rings. The monoisotopic (exact) mass is 268 g/mol. The molecule has 0 atom stereocenters. The van der Waals surface area contributed by atoms with Crippen LogP contribution in [0.25, 0.3) is 0 Å². The Hall–Kier alpha value is -0.670. The first kappa shape index (κ1) is 10.8. The molecule has 0 saturated carbocycles. The lowest BCUT2D eigenvalue weighted by Crippen LogP contribution is -2.15. The maximum Gasteiger partial charge on any atom is 0.150 e. The zero-order valence-corrected chi connectivity index (χ0v) is 10.00. The summed E-state index contributed by atoms with van der Waals surface area (Å²) in [4.78, 5) is 11.0. The maximum absolute atomic E-state index is 11.0. The van der Waals surface area contributed by atoms with Crippen LogP contribution in [0.5, 0.6) is 0 Å². The average molecular weight is 269 g/mol. The Labute approximate surface area is 97.8 Å². The van der Waals surface area contributed by atoms with Crippen molar-refractivity contribution in [2.45, 2.75) is 18.8 Å². The fourth-order valence-corrected chi connectivity index (χ4v) is 2.41. The van der Waals surface area contributed by atoms with Crippen LogP contribution < -0.4 is 0 Å². The Balaban J connectivity index is 2.29. The third kappa shape index (κ3) is 2.47. The van der Waals surface area contributed by atoms with E-state index >= 15 is 0 Å². The summed E-state index contributed by atoms with van der Waals surface area (Å²) in [7, 11) is 0. The van der Waals surface area contributed by atoms with Gasteiger partial charge in [-0.3, -0.25) is 4.79 Å². The van der Waals surface area contributed by atoms with Gasteiger partial charge in [-0.15, -0.1) is 0 Å². The number of aldehydes is 1. The normalized spacial score (nSPS) is 17.7. The predicted molar refractivity (Wildman–Crippen MR) is 62.3 cm³/mol. The van der Waals surface area contributed by atoms with E-state index in [0.29, 0.717) is 5.92 Å². The minimum Gasteiger partial charge on any atom is -0.381 e. The van der Waals surface area contributed by atoms with E-state index in [1.807, 2.05) is 18.2 Å². The lowest BCUT2D eigenvalue weighted by molar-refractivity contribution is 0.0849. The molecule has 0 spiro atoms. The van der Waals surface area contributed by atoms with Crippen LogP contribution in [0.3, 0.4) is 0 Å². The molecule has 0 radical (unpaired) electrons. The lowest BCUT2D eigenvalue weighted by atomic mass is 9.89. The second-order valence-electron chi connectivity index (χ2n) is 3.78. The van der Waals surface area contributed by atoms with Crippen LogP contribution in [0.4, 0.5) is 0 Å². The number of hydrogen-bond donors (Lipinski definition) is 0.